The average molecular weight is 400 g/mol. The average Bonchev–Trinajstić information content (AvgIpc) is 3.18. The summed E-state index contributed by atoms with van der Waals surface area (Å²) in [6.45, 7) is -0.269. The molecule has 0 aliphatic carbocycles. The van der Waals surface area contributed by atoms with Crippen molar-refractivity contribution in [3.05, 3.63) is 89.5 Å². The van der Waals surface area contributed by atoms with E-state index < -0.39 is 23.3 Å². The van der Waals surface area contributed by atoms with Gasteiger partial charge in [0.1, 0.15) is 35.6 Å². The van der Waals surface area contributed by atoms with Crippen molar-refractivity contribution in [2.45, 2.75) is 6.61 Å². The molecular weight excluding hydrogens is 388 g/mol. The maximum atomic E-state index is 13.6. The van der Waals surface area contributed by atoms with Crippen LogP contribution in [0.2, 0.25) is 0 Å². The summed E-state index contributed by atoms with van der Waals surface area (Å²) in [5, 5.41) is 3.80. The van der Waals surface area contributed by atoms with Crippen molar-refractivity contribution in [1.29, 1.82) is 0 Å². The molecule has 0 saturated carbocycles. The Morgan fingerprint density at radius 1 is 0.793 bits per heavy atom. The SMILES string of the molecule is Fc1cc(F)cc(-c2nc(-c3ccc(OCc4c(F)cccc4F)cc3)no2)c1. The first-order valence-electron chi connectivity index (χ1n) is 8.46. The minimum atomic E-state index is -0.757. The highest BCUT2D eigenvalue weighted by Crippen LogP contribution is 2.25. The van der Waals surface area contributed by atoms with E-state index in [1.165, 1.54) is 6.07 Å². The Hall–Kier alpha value is -3.68. The first kappa shape index (κ1) is 18.7. The van der Waals surface area contributed by atoms with Gasteiger partial charge < -0.3 is 9.26 Å². The summed E-state index contributed by atoms with van der Waals surface area (Å²) in [6.07, 6.45) is 0. The molecule has 0 atom stereocenters. The van der Waals surface area contributed by atoms with Crippen molar-refractivity contribution in [1.82, 2.24) is 10.1 Å². The third-order valence-electron chi connectivity index (χ3n) is 4.09. The Morgan fingerprint density at radius 2 is 1.45 bits per heavy atom. The third-order valence-corrected chi connectivity index (χ3v) is 4.09. The Bertz CT molecular complexity index is 1120. The molecule has 0 fully saturated rings. The first-order chi connectivity index (χ1) is 14.0. The minimum absolute atomic E-state index is 0.0336. The van der Waals surface area contributed by atoms with Crippen molar-refractivity contribution in [3.63, 3.8) is 0 Å². The second-order valence-electron chi connectivity index (χ2n) is 6.09. The van der Waals surface area contributed by atoms with E-state index in [0.29, 0.717) is 11.3 Å². The molecule has 0 spiro atoms. The zero-order chi connectivity index (χ0) is 20.4. The van der Waals surface area contributed by atoms with Crippen LogP contribution in [0.1, 0.15) is 5.56 Å². The summed E-state index contributed by atoms with van der Waals surface area (Å²) < 4.78 is 64.4. The fourth-order valence-electron chi connectivity index (χ4n) is 2.66. The van der Waals surface area contributed by atoms with E-state index in [4.69, 9.17) is 9.26 Å². The van der Waals surface area contributed by atoms with Crippen LogP contribution in [0.4, 0.5) is 17.6 Å². The molecule has 1 heterocycles. The van der Waals surface area contributed by atoms with Gasteiger partial charge in [-0.1, -0.05) is 11.2 Å². The van der Waals surface area contributed by atoms with E-state index in [1.807, 2.05) is 0 Å². The molecule has 4 aromatic rings. The predicted molar refractivity (Wildman–Crippen MR) is 95.8 cm³/mol. The number of aromatic nitrogens is 2. The second-order valence-corrected chi connectivity index (χ2v) is 6.09. The Kier molecular flexibility index (Phi) is 4.99. The molecule has 8 heteroatoms. The van der Waals surface area contributed by atoms with Crippen LogP contribution in [0.15, 0.2) is 65.2 Å². The number of hydrogen-bond donors (Lipinski definition) is 0. The molecule has 3 aromatic carbocycles. The summed E-state index contributed by atoms with van der Waals surface area (Å²) in [5.41, 5.74) is 0.510. The topological polar surface area (TPSA) is 48.2 Å². The molecule has 0 N–H and O–H groups in total. The number of nitrogens with zero attached hydrogens (tertiary/aromatic N) is 2. The molecule has 4 rings (SSSR count). The van der Waals surface area contributed by atoms with E-state index in [-0.39, 0.29) is 29.4 Å². The van der Waals surface area contributed by atoms with Crippen molar-refractivity contribution in [3.8, 4) is 28.6 Å². The summed E-state index contributed by atoms with van der Waals surface area (Å²) >= 11 is 0. The zero-order valence-electron chi connectivity index (χ0n) is 14.7. The van der Waals surface area contributed by atoms with Gasteiger partial charge in [0.05, 0.1) is 5.56 Å². The smallest absolute Gasteiger partial charge is 0.258 e. The van der Waals surface area contributed by atoms with Gasteiger partial charge >= 0.3 is 0 Å². The van der Waals surface area contributed by atoms with Crippen LogP contribution < -0.4 is 4.74 Å². The van der Waals surface area contributed by atoms with Crippen molar-refractivity contribution in [2.24, 2.45) is 0 Å². The van der Waals surface area contributed by atoms with Crippen LogP contribution in [-0.4, -0.2) is 10.1 Å². The fourth-order valence-corrected chi connectivity index (χ4v) is 2.66. The van der Waals surface area contributed by atoms with Gasteiger partial charge in [-0.3, -0.25) is 0 Å². The van der Waals surface area contributed by atoms with Gasteiger partial charge in [0.25, 0.3) is 5.89 Å². The molecule has 29 heavy (non-hydrogen) atoms. The van der Waals surface area contributed by atoms with E-state index in [2.05, 4.69) is 10.1 Å². The summed E-state index contributed by atoms with van der Waals surface area (Å²) in [6, 6.07) is 12.9. The van der Waals surface area contributed by atoms with Gasteiger partial charge in [-0.05, 0) is 48.5 Å². The second kappa shape index (κ2) is 7.75. The number of hydrogen-bond acceptors (Lipinski definition) is 4. The third kappa shape index (κ3) is 4.11. The highest BCUT2D eigenvalue weighted by Gasteiger charge is 2.13. The van der Waals surface area contributed by atoms with Gasteiger partial charge in [-0.25, -0.2) is 17.6 Å². The summed E-state index contributed by atoms with van der Waals surface area (Å²) in [7, 11) is 0. The highest BCUT2D eigenvalue weighted by molar-refractivity contribution is 5.60. The Balaban J connectivity index is 1.49. The lowest BCUT2D eigenvalue weighted by atomic mass is 10.2. The normalized spacial score (nSPS) is 10.9. The zero-order valence-corrected chi connectivity index (χ0v) is 14.7. The molecule has 4 nitrogen and oxygen atoms in total. The van der Waals surface area contributed by atoms with Crippen LogP contribution in [0.5, 0.6) is 5.75 Å². The van der Waals surface area contributed by atoms with Crippen LogP contribution in [0.25, 0.3) is 22.8 Å². The number of ether oxygens (including phenoxy) is 1. The summed E-state index contributed by atoms with van der Waals surface area (Å²) in [4.78, 5) is 4.13. The predicted octanol–water partition coefficient (Wildman–Crippen LogP) is 5.54. The molecular formula is C21H12F4N2O2. The van der Waals surface area contributed by atoms with Crippen molar-refractivity contribution < 1.29 is 26.8 Å². The Morgan fingerprint density at radius 3 is 2.10 bits per heavy atom. The Labute approximate surface area is 162 Å². The van der Waals surface area contributed by atoms with Gasteiger partial charge in [0.15, 0.2) is 0 Å². The molecule has 0 radical (unpaired) electrons. The molecule has 0 aliphatic heterocycles. The van der Waals surface area contributed by atoms with Crippen LogP contribution in [0, 0.1) is 23.3 Å². The molecule has 0 amide bonds. The lowest BCUT2D eigenvalue weighted by Crippen LogP contribution is -2.01. The van der Waals surface area contributed by atoms with Crippen molar-refractivity contribution >= 4 is 0 Å². The molecule has 0 saturated heterocycles. The highest BCUT2D eigenvalue weighted by atomic mass is 19.1. The first-order valence-corrected chi connectivity index (χ1v) is 8.46. The van der Waals surface area contributed by atoms with Gasteiger partial charge in [0, 0.05) is 17.2 Å². The number of halogens is 4. The quantitative estimate of drug-likeness (QED) is 0.413. The van der Waals surface area contributed by atoms with E-state index in [0.717, 1.165) is 30.3 Å². The standard InChI is InChI=1S/C21H12F4N2O2/c22-14-8-13(9-15(23)10-14)21-26-20(27-29-21)12-4-6-16(7-5-12)28-11-17-18(24)2-1-3-19(17)25/h1-10H,11H2. The minimum Gasteiger partial charge on any atom is -0.489 e. The summed E-state index contributed by atoms with van der Waals surface area (Å²) in [5.74, 6) is -2.33. The maximum absolute atomic E-state index is 13.6. The molecule has 0 bridgehead atoms. The van der Waals surface area contributed by atoms with Crippen molar-refractivity contribution in [2.75, 3.05) is 0 Å². The van der Waals surface area contributed by atoms with Gasteiger partial charge in [-0.2, -0.15) is 4.98 Å². The number of rotatable bonds is 5. The van der Waals surface area contributed by atoms with E-state index in [9.17, 15) is 17.6 Å². The van der Waals surface area contributed by atoms with Crippen LogP contribution in [0.3, 0.4) is 0 Å². The van der Waals surface area contributed by atoms with E-state index >= 15 is 0 Å². The lowest BCUT2D eigenvalue weighted by molar-refractivity contribution is 0.292. The monoisotopic (exact) mass is 400 g/mol. The molecule has 0 aliphatic rings. The number of benzene rings is 3. The van der Waals surface area contributed by atoms with Gasteiger partial charge in [-0.15, -0.1) is 0 Å². The van der Waals surface area contributed by atoms with Crippen LogP contribution >= 0.6 is 0 Å². The van der Waals surface area contributed by atoms with Crippen LogP contribution in [-0.2, 0) is 6.61 Å². The molecule has 0 unspecified atom stereocenters. The molecule has 1 aromatic heterocycles. The fraction of sp³-hybridized carbons (Fsp3) is 0.0476. The largest absolute Gasteiger partial charge is 0.489 e. The lowest BCUT2D eigenvalue weighted by Gasteiger charge is -2.08. The van der Waals surface area contributed by atoms with Gasteiger partial charge in [0.2, 0.25) is 5.82 Å². The molecule has 146 valence electrons. The maximum Gasteiger partial charge on any atom is 0.258 e. The van der Waals surface area contributed by atoms with E-state index in [1.54, 1.807) is 24.3 Å².